The second kappa shape index (κ2) is 8.93. The van der Waals surface area contributed by atoms with Gasteiger partial charge in [-0.2, -0.15) is 0 Å². The van der Waals surface area contributed by atoms with E-state index in [1.165, 1.54) is 11.1 Å². The molecule has 0 bridgehead atoms. The molecule has 6 nitrogen and oxygen atoms in total. The van der Waals surface area contributed by atoms with E-state index in [1.807, 2.05) is 47.0 Å². The first-order chi connectivity index (χ1) is 15.5. The Kier molecular flexibility index (Phi) is 6.06. The van der Waals surface area contributed by atoms with Gasteiger partial charge < -0.3 is 15.4 Å². The fraction of sp³-hybridized carbons (Fsp3) is 0.269. The third-order valence-corrected chi connectivity index (χ3v) is 6.01. The van der Waals surface area contributed by atoms with Gasteiger partial charge in [0.15, 0.2) is 5.54 Å². The summed E-state index contributed by atoms with van der Waals surface area (Å²) in [4.78, 5) is 21.5. The van der Waals surface area contributed by atoms with Gasteiger partial charge in [0.05, 0.1) is 17.6 Å². The van der Waals surface area contributed by atoms with Crippen LogP contribution < -0.4 is 5.73 Å². The number of carbonyl (C=O) groups is 1. The van der Waals surface area contributed by atoms with Crippen molar-refractivity contribution in [2.45, 2.75) is 45.2 Å². The largest absolute Gasteiger partial charge is 0.480 e. The molecule has 0 fully saturated rings. The zero-order valence-corrected chi connectivity index (χ0v) is 18.5. The summed E-state index contributed by atoms with van der Waals surface area (Å²) < 4.78 is 1.90. The topological polar surface area (TPSA) is 94.0 Å². The third-order valence-electron chi connectivity index (χ3n) is 6.01. The molecule has 0 aliphatic carbocycles. The van der Waals surface area contributed by atoms with Crippen molar-refractivity contribution in [2.24, 2.45) is 5.73 Å². The summed E-state index contributed by atoms with van der Waals surface area (Å²) >= 11 is 0. The second-order valence-electron chi connectivity index (χ2n) is 8.13. The van der Waals surface area contributed by atoms with Crippen LogP contribution in [0.25, 0.3) is 11.0 Å². The van der Waals surface area contributed by atoms with Crippen molar-refractivity contribution in [1.29, 1.82) is 0 Å². The number of nitrogens with two attached hydrogens (primary N) is 1. The molecular weight excluding hydrogens is 400 g/mol. The summed E-state index contributed by atoms with van der Waals surface area (Å²) in [5, 5.41) is 10.3. The number of carboxylic acids is 1. The Morgan fingerprint density at radius 3 is 2.50 bits per heavy atom. The Bertz CT molecular complexity index is 1250. The van der Waals surface area contributed by atoms with Crippen LogP contribution in [0.2, 0.25) is 0 Å². The number of hydrogen-bond donors (Lipinski definition) is 2. The third kappa shape index (κ3) is 4.01. The Morgan fingerprint density at radius 1 is 1.03 bits per heavy atom. The van der Waals surface area contributed by atoms with E-state index in [2.05, 4.69) is 31.0 Å². The molecule has 0 spiro atoms. The molecule has 6 heteroatoms. The first-order valence-electron chi connectivity index (χ1n) is 10.9. The van der Waals surface area contributed by atoms with Crippen LogP contribution in [-0.2, 0) is 36.1 Å². The van der Waals surface area contributed by atoms with Crippen LogP contribution in [0.3, 0.4) is 0 Å². The van der Waals surface area contributed by atoms with Gasteiger partial charge in [0, 0.05) is 18.8 Å². The molecular formula is C26H28N4O2. The molecule has 1 unspecified atom stereocenters. The maximum absolute atomic E-state index is 12.6. The van der Waals surface area contributed by atoms with Crippen LogP contribution in [0.5, 0.6) is 0 Å². The number of benzene rings is 2. The lowest BCUT2D eigenvalue weighted by Gasteiger charge is -2.26. The summed E-state index contributed by atoms with van der Waals surface area (Å²) in [5.74, 6) is -0.759. The lowest BCUT2D eigenvalue weighted by atomic mass is 9.88. The standard InChI is InChI=1S/C26H28N4O2/c1-3-20-12-11-18(14-21(20)4-2)15-26(27,25(31)32)24-29-22-9-5-6-10-23(22)30(24)17-19-8-7-13-28-16-19/h5-14,16H,3-4,15,17,27H2,1-2H3,(H,31,32). The van der Waals surface area contributed by atoms with Crippen molar-refractivity contribution in [3.05, 3.63) is 95.1 Å². The highest BCUT2D eigenvalue weighted by molar-refractivity contribution is 5.83. The lowest BCUT2D eigenvalue weighted by molar-refractivity contribution is -0.144. The van der Waals surface area contributed by atoms with Crippen LogP contribution in [0.1, 0.15) is 41.9 Å². The monoisotopic (exact) mass is 428 g/mol. The van der Waals surface area contributed by atoms with Gasteiger partial charge in [-0.05, 0) is 53.3 Å². The molecule has 0 aliphatic heterocycles. The zero-order valence-electron chi connectivity index (χ0n) is 18.5. The molecule has 0 saturated carbocycles. The summed E-state index contributed by atoms with van der Waals surface area (Å²) in [6, 6.07) is 17.6. The number of pyridine rings is 1. The van der Waals surface area contributed by atoms with Gasteiger partial charge in [-0.15, -0.1) is 0 Å². The van der Waals surface area contributed by atoms with E-state index in [-0.39, 0.29) is 6.42 Å². The highest BCUT2D eigenvalue weighted by atomic mass is 16.4. The summed E-state index contributed by atoms with van der Waals surface area (Å²) in [6.45, 7) is 4.67. The summed E-state index contributed by atoms with van der Waals surface area (Å²) in [5.41, 5.74) is 10.9. The van der Waals surface area contributed by atoms with Crippen molar-refractivity contribution < 1.29 is 9.90 Å². The first-order valence-corrected chi connectivity index (χ1v) is 10.9. The Labute approximate surface area is 187 Å². The molecule has 32 heavy (non-hydrogen) atoms. The fourth-order valence-corrected chi connectivity index (χ4v) is 4.29. The Balaban J connectivity index is 1.84. The molecule has 0 saturated heterocycles. The van der Waals surface area contributed by atoms with Crippen LogP contribution in [-0.4, -0.2) is 25.6 Å². The molecule has 3 N–H and O–H groups in total. The van der Waals surface area contributed by atoms with Crippen LogP contribution in [0.4, 0.5) is 0 Å². The van der Waals surface area contributed by atoms with E-state index in [0.29, 0.717) is 12.4 Å². The smallest absolute Gasteiger partial charge is 0.331 e. The fourth-order valence-electron chi connectivity index (χ4n) is 4.29. The first kappa shape index (κ1) is 21.7. The van der Waals surface area contributed by atoms with Crippen molar-refractivity contribution in [2.75, 3.05) is 0 Å². The average Bonchev–Trinajstić information content (AvgIpc) is 3.18. The molecule has 0 amide bonds. The number of hydrogen-bond acceptors (Lipinski definition) is 4. The van der Waals surface area contributed by atoms with Gasteiger partial charge in [0.25, 0.3) is 0 Å². The minimum absolute atomic E-state index is 0.149. The maximum atomic E-state index is 12.6. The quantitative estimate of drug-likeness (QED) is 0.441. The van der Waals surface area contributed by atoms with E-state index >= 15 is 0 Å². The van der Waals surface area contributed by atoms with Gasteiger partial charge in [0.2, 0.25) is 0 Å². The van der Waals surface area contributed by atoms with Gasteiger partial charge in [-0.3, -0.25) is 4.98 Å². The lowest BCUT2D eigenvalue weighted by Crippen LogP contribution is -2.49. The van der Waals surface area contributed by atoms with Crippen molar-refractivity contribution in [1.82, 2.24) is 14.5 Å². The van der Waals surface area contributed by atoms with Crippen LogP contribution >= 0.6 is 0 Å². The van der Waals surface area contributed by atoms with Crippen molar-refractivity contribution in [3.8, 4) is 0 Å². The normalized spacial score (nSPS) is 13.2. The van der Waals surface area contributed by atoms with Gasteiger partial charge >= 0.3 is 5.97 Å². The van der Waals surface area contributed by atoms with Crippen molar-refractivity contribution >= 4 is 17.0 Å². The second-order valence-corrected chi connectivity index (χ2v) is 8.13. The average molecular weight is 429 g/mol. The van der Waals surface area contributed by atoms with Crippen LogP contribution in [0, 0.1) is 0 Å². The maximum Gasteiger partial charge on any atom is 0.331 e. The minimum Gasteiger partial charge on any atom is -0.480 e. The van der Waals surface area contributed by atoms with Gasteiger partial charge in [-0.25, -0.2) is 9.78 Å². The number of imidazole rings is 1. The molecule has 2 aromatic heterocycles. The molecule has 0 radical (unpaired) electrons. The van der Waals surface area contributed by atoms with E-state index < -0.39 is 11.5 Å². The minimum atomic E-state index is -1.68. The van der Waals surface area contributed by atoms with E-state index in [1.54, 1.807) is 12.4 Å². The van der Waals surface area contributed by atoms with E-state index in [4.69, 9.17) is 10.7 Å². The zero-order chi connectivity index (χ0) is 22.7. The number of fused-ring (bicyclic) bond motifs is 1. The number of nitrogens with zero attached hydrogens (tertiary/aromatic N) is 3. The molecule has 1 atom stereocenters. The molecule has 0 aliphatic rings. The number of aromatic nitrogens is 3. The van der Waals surface area contributed by atoms with Gasteiger partial charge in [0.1, 0.15) is 5.82 Å². The molecule has 4 aromatic rings. The number of carboxylic acid groups (broad SMARTS) is 1. The Morgan fingerprint density at radius 2 is 1.81 bits per heavy atom. The number of aliphatic carboxylic acids is 1. The summed E-state index contributed by atoms with van der Waals surface area (Å²) in [7, 11) is 0. The SMILES string of the molecule is CCc1ccc(CC(N)(C(=O)O)c2nc3ccccc3n2Cc2cccnc2)cc1CC. The van der Waals surface area contributed by atoms with Gasteiger partial charge in [-0.1, -0.05) is 50.2 Å². The molecule has 4 rings (SSSR count). The summed E-state index contributed by atoms with van der Waals surface area (Å²) in [6.07, 6.45) is 5.47. The predicted molar refractivity (Wildman–Crippen MR) is 125 cm³/mol. The van der Waals surface area contributed by atoms with E-state index in [0.717, 1.165) is 35.0 Å². The predicted octanol–water partition coefficient (Wildman–Crippen LogP) is 4.09. The molecule has 164 valence electrons. The number of aryl methyl sites for hydroxylation is 2. The van der Waals surface area contributed by atoms with E-state index in [9.17, 15) is 9.90 Å². The molecule has 2 heterocycles. The Hall–Kier alpha value is -3.51. The molecule has 2 aromatic carbocycles. The van der Waals surface area contributed by atoms with Crippen LogP contribution in [0.15, 0.2) is 67.0 Å². The highest BCUT2D eigenvalue weighted by Crippen LogP contribution is 2.29. The highest BCUT2D eigenvalue weighted by Gasteiger charge is 2.41. The van der Waals surface area contributed by atoms with Crippen molar-refractivity contribution in [3.63, 3.8) is 0 Å². The number of para-hydroxylation sites is 2. The number of rotatable bonds is 8.